The van der Waals surface area contributed by atoms with Gasteiger partial charge in [-0.05, 0) is 45.4 Å². The van der Waals surface area contributed by atoms with Gasteiger partial charge in [0.1, 0.15) is 5.69 Å². The van der Waals surface area contributed by atoms with E-state index in [2.05, 4.69) is 42.1 Å². The van der Waals surface area contributed by atoms with Crippen molar-refractivity contribution in [3.8, 4) is 0 Å². The van der Waals surface area contributed by atoms with Gasteiger partial charge in [0.2, 0.25) is 0 Å². The van der Waals surface area contributed by atoms with E-state index in [1.165, 1.54) is 25.0 Å². The van der Waals surface area contributed by atoms with Gasteiger partial charge in [-0.1, -0.05) is 23.8 Å². The Hall–Kier alpha value is -1.20. The van der Waals surface area contributed by atoms with Crippen molar-refractivity contribution in [2.24, 2.45) is 5.92 Å². The van der Waals surface area contributed by atoms with E-state index in [1.54, 1.807) is 0 Å². The quantitative estimate of drug-likeness (QED) is 0.787. The second kappa shape index (κ2) is 8.44. The average Bonchev–Trinajstić information content (AvgIpc) is 2.96. The van der Waals surface area contributed by atoms with Gasteiger partial charge >= 0.3 is 0 Å². The van der Waals surface area contributed by atoms with Gasteiger partial charge in [0.05, 0.1) is 18.8 Å². The van der Waals surface area contributed by atoms with E-state index in [0.29, 0.717) is 11.7 Å². The summed E-state index contributed by atoms with van der Waals surface area (Å²) in [6, 6.07) is 0.435. The smallest absolute Gasteiger partial charge is 0.108 e. The highest BCUT2D eigenvalue weighted by atomic mass is 16.3. The lowest BCUT2D eigenvalue weighted by Gasteiger charge is -2.33. The summed E-state index contributed by atoms with van der Waals surface area (Å²) >= 11 is 0. The zero-order valence-electron chi connectivity index (χ0n) is 14.2. The van der Waals surface area contributed by atoms with Crippen LogP contribution in [0.25, 0.3) is 0 Å². The van der Waals surface area contributed by atoms with E-state index in [1.807, 2.05) is 10.9 Å². The third-order valence-corrected chi connectivity index (χ3v) is 4.43. The van der Waals surface area contributed by atoms with Gasteiger partial charge in [-0.3, -0.25) is 0 Å². The molecule has 22 heavy (non-hydrogen) atoms. The maximum atomic E-state index is 9.07. The molecule has 0 bridgehead atoms. The highest BCUT2D eigenvalue weighted by Gasteiger charge is 2.22. The summed E-state index contributed by atoms with van der Waals surface area (Å²) in [7, 11) is 0. The monoisotopic (exact) mass is 306 g/mol. The molecule has 5 heteroatoms. The minimum Gasteiger partial charge on any atom is -0.390 e. The molecule has 124 valence electrons. The van der Waals surface area contributed by atoms with Crippen LogP contribution in [0.2, 0.25) is 0 Å². The Morgan fingerprint density at radius 1 is 1.41 bits per heavy atom. The van der Waals surface area contributed by atoms with Gasteiger partial charge in [0.15, 0.2) is 0 Å². The first-order valence-electron chi connectivity index (χ1n) is 8.45. The second-order valence-electron chi connectivity index (χ2n) is 6.84. The normalized spacial score (nSPS) is 18.4. The van der Waals surface area contributed by atoms with Crippen LogP contribution in [0.15, 0.2) is 17.8 Å². The number of allylic oxidation sites excluding steroid dienone is 2. The van der Waals surface area contributed by atoms with E-state index >= 15 is 0 Å². The van der Waals surface area contributed by atoms with E-state index < -0.39 is 0 Å². The number of hydrogen-bond acceptors (Lipinski definition) is 4. The zero-order chi connectivity index (χ0) is 15.9. The molecule has 5 nitrogen and oxygen atoms in total. The molecular weight excluding hydrogens is 276 g/mol. The maximum Gasteiger partial charge on any atom is 0.108 e. The molecule has 1 saturated heterocycles. The minimum absolute atomic E-state index is 0.0258. The number of nitrogens with zero attached hydrogens (tertiary/aromatic N) is 4. The van der Waals surface area contributed by atoms with Crippen LogP contribution in [0, 0.1) is 5.92 Å². The molecule has 0 radical (unpaired) electrons. The standard InChI is InChI=1S/C17H30N4O/c1-14(2)5-4-6-15(3)11-20-9-7-17(8-10-20)21-12-16(13-22)18-19-21/h5,12,15,17,22H,4,6-11,13H2,1-3H3/t15-/m0/s1. The average molecular weight is 306 g/mol. The fourth-order valence-electron chi connectivity index (χ4n) is 3.12. The third kappa shape index (κ3) is 5.21. The number of aliphatic hydroxyl groups excluding tert-OH is 1. The van der Waals surface area contributed by atoms with Crippen molar-refractivity contribution in [1.82, 2.24) is 19.9 Å². The Morgan fingerprint density at radius 3 is 2.73 bits per heavy atom. The molecule has 1 aliphatic heterocycles. The van der Waals surface area contributed by atoms with Crippen LogP contribution < -0.4 is 0 Å². The molecule has 0 saturated carbocycles. The van der Waals surface area contributed by atoms with E-state index in [0.717, 1.165) is 31.8 Å². The van der Waals surface area contributed by atoms with E-state index in [-0.39, 0.29) is 6.61 Å². The fourth-order valence-corrected chi connectivity index (χ4v) is 3.12. The van der Waals surface area contributed by atoms with Crippen LogP contribution in [0.3, 0.4) is 0 Å². The van der Waals surface area contributed by atoms with Crippen LogP contribution in [-0.2, 0) is 6.61 Å². The van der Waals surface area contributed by atoms with Crippen molar-refractivity contribution in [2.45, 2.75) is 59.1 Å². The van der Waals surface area contributed by atoms with Crippen LogP contribution in [0.5, 0.6) is 0 Å². The minimum atomic E-state index is -0.0258. The number of likely N-dealkylation sites (tertiary alicyclic amines) is 1. The number of piperidine rings is 1. The first kappa shape index (κ1) is 17.2. The first-order valence-corrected chi connectivity index (χ1v) is 8.45. The summed E-state index contributed by atoms with van der Waals surface area (Å²) in [5.74, 6) is 0.750. The molecule has 0 aliphatic carbocycles. The maximum absolute atomic E-state index is 9.07. The first-order chi connectivity index (χ1) is 10.6. The topological polar surface area (TPSA) is 54.2 Å². The molecule has 0 amide bonds. The summed E-state index contributed by atoms with van der Waals surface area (Å²) in [5, 5.41) is 17.2. The Balaban J connectivity index is 1.71. The van der Waals surface area contributed by atoms with Crippen molar-refractivity contribution in [3.63, 3.8) is 0 Å². The van der Waals surface area contributed by atoms with Crippen molar-refractivity contribution < 1.29 is 5.11 Å². The molecule has 1 atom stereocenters. The fraction of sp³-hybridized carbons (Fsp3) is 0.765. The summed E-state index contributed by atoms with van der Waals surface area (Å²) in [4.78, 5) is 2.58. The second-order valence-corrected chi connectivity index (χ2v) is 6.84. The summed E-state index contributed by atoms with van der Waals surface area (Å²) < 4.78 is 1.93. The van der Waals surface area contributed by atoms with Crippen molar-refractivity contribution in [3.05, 3.63) is 23.5 Å². The van der Waals surface area contributed by atoms with Gasteiger partial charge in [-0.15, -0.1) is 5.10 Å². The molecule has 0 spiro atoms. The molecule has 0 aromatic carbocycles. The Kier molecular flexibility index (Phi) is 6.58. The summed E-state index contributed by atoms with van der Waals surface area (Å²) in [6.45, 7) is 10.1. The molecule has 0 unspecified atom stereocenters. The molecule has 1 aromatic rings. The largest absolute Gasteiger partial charge is 0.390 e. The van der Waals surface area contributed by atoms with Gasteiger partial charge in [-0.25, -0.2) is 4.68 Å². The van der Waals surface area contributed by atoms with Crippen molar-refractivity contribution in [2.75, 3.05) is 19.6 Å². The lowest BCUT2D eigenvalue weighted by Crippen LogP contribution is -2.37. The Morgan fingerprint density at radius 2 is 2.14 bits per heavy atom. The van der Waals surface area contributed by atoms with Gasteiger partial charge in [0, 0.05) is 19.6 Å². The van der Waals surface area contributed by atoms with Gasteiger partial charge < -0.3 is 10.0 Å². The summed E-state index contributed by atoms with van der Waals surface area (Å²) in [6.07, 6.45) is 8.93. The van der Waals surface area contributed by atoms with Crippen molar-refractivity contribution >= 4 is 0 Å². The Labute approximate surface area is 134 Å². The van der Waals surface area contributed by atoms with Crippen molar-refractivity contribution in [1.29, 1.82) is 0 Å². The van der Waals surface area contributed by atoms with Crippen LogP contribution in [0.1, 0.15) is 58.2 Å². The van der Waals surface area contributed by atoms with Crippen LogP contribution in [-0.4, -0.2) is 44.6 Å². The Bertz CT molecular complexity index is 471. The lowest BCUT2D eigenvalue weighted by atomic mass is 10.0. The van der Waals surface area contributed by atoms with Gasteiger partial charge in [-0.2, -0.15) is 0 Å². The van der Waals surface area contributed by atoms with Crippen LogP contribution >= 0.6 is 0 Å². The molecule has 1 N–H and O–H groups in total. The molecule has 1 aromatic heterocycles. The molecule has 2 rings (SSSR count). The molecular formula is C17H30N4O. The van der Waals surface area contributed by atoms with E-state index in [4.69, 9.17) is 5.11 Å². The number of aliphatic hydroxyl groups is 1. The van der Waals surface area contributed by atoms with Gasteiger partial charge in [0.25, 0.3) is 0 Å². The van der Waals surface area contributed by atoms with E-state index in [9.17, 15) is 0 Å². The zero-order valence-corrected chi connectivity index (χ0v) is 14.2. The SMILES string of the molecule is CC(C)=CCC[C@H](C)CN1CCC(n2cc(CO)nn2)CC1. The molecule has 1 fully saturated rings. The molecule has 2 heterocycles. The summed E-state index contributed by atoms with van der Waals surface area (Å²) in [5.41, 5.74) is 2.08. The number of rotatable bonds is 7. The number of aromatic nitrogens is 3. The van der Waals surface area contributed by atoms with Crippen LogP contribution in [0.4, 0.5) is 0 Å². The highest BCUT2D eigenvalue weighted by Crippen LogP contribution is 2.23. The highest BCUT2D eigenvalue weighted by molar-refractivity contribution is 4.93. The predicted octanol–water partition coefficient (Wildman–Crippen LogP) is 2.79. The molecule has 1 aliphatic rings. The third-order valence-electron chi connectivity index (χ3n) is 4.43. The number of hydrogen-bond donors (Lipinski definition) is 1. The lowest BCUT2D eigenvalue weighted by molar-refractivity contribution is 0.158. The predicted molar refractivity (Wildman–Crippen MR) is 88.5 cm³/mol.